The van der Waals surface area contributed by atoms with Gasteiger partial charge >= 0.3 is 0 Å². The van der Waals surface area contributed by atoms with Gasteiger partial charge in [0.15, 0.2) is 0 Å². The van der Waals surface area contributed by atoms with Gasteiger partial charge in [-0.1, -0.05) is 11.6 Å². The van der Waals surface area contributed by atoms with Gasteiger partial charge in [-0.25, -0.2) is 0 Å². The Kier molecular flexibility index (Phi) is 5.76. The minimum absolute atomic E-state index is 0.0584. The maximum Gasteiger partial charge on any atom is 0.282 e. The summed E-state index contributed by atoms with van der Waals surface area (Å²) in [6.07, 6.45) is -0.286. The van der Waals surface area contributed by atoms with Crippen molar-refractivity contribution in [2.45, 2.75) is 33.0 Å². The maximum absolute atomic E-state index is 12.9. The largest absolute Gasteiger partial charge is 0.507 e. The number of aromatic hydroxyl groups is 1. The molecule has 0 aromatic heterocycles. The molecule has 2 aliphatic rings. The lowest BCUT2D eigenvalue weighted by Gasteiger charge is -2.40. The fraction of sp³-hybridized carbons (Fsp3) is 0.611. The Morgan fingerprint density at radius 1 is 1.07 bits per heavy atom. The van der Waals surface area contributed by atoms with E-state index in [-0.39, 0.29) is 42.5 Å². The summed E-state index contributed by atoms with van der Waals surface area (Å²) < 4.78 is 34.4. The Labute approximate surface area is 160 Å². The molecule has 1 aromatic rings. The Morgan fingerprint density at radius 2 is 1.67 bits per heavy atom. The molecule has 27 heavy (non-hydrogen) atoms. The number of carbonyl (C=O) groups excluding carboxylic acids is 1. The molecule has 1 aromatic carbocycles. The zero-order valence-electron chi connectivity index (χ0n) is 16.0. The number of nitrogens with zero attached hydrogens (tertiary/aromatic N) is 3. The zero-order valence-corrected chi connectivity index (χ0v) is 16.8. The molecule has 2 heterocycles. The maximum atomic E-state index is 12.9. The molecule has 0 spiro atoms. The molecular weight excluding hydrogens is 370 g/mol. The summed E-state index contributed by atoms with van der Waals surface area (Å²) in [5, 5.41) is 9.96. The highest BCUT2D eigenvalue weighted by Gasteiger charge is 2.37. The number of hydrogen-bond acceptors (Lipinski definition) is 5. The number of aryl methyl sites for hydroxylation is 1. The van der Waals surface area contributed by atoms with Crippen LogP contribution in [0, 0.1) is 6.92 Å². The number of rotatable bonds is 3. The second kappa shape index (κ2) is 7.75. The van der Waals surface area contributed by atoms with Gasteiger partial charge in [-0.3, -0.25) is 4.79 Å². The standard InChI is InChI=1S/C18H27N3O5S/c1-13-4-5-17(22)16(10-13)18(23)19-6-8-20(9-7-19)27(24,25)21-11-14(2)26-15(3)12-21/h4-5,10,14-15,22H,6-9,11-12H2,1-3H3. The van der Waals surface area contributed by atoms with Crippen LogP contribution in [0.25, 0.3) is 0 Å². The first kappa shape index (κ1) is 20.1. The van der Waals surface area contributed by atoms with Gasteiger partial charge in [0.25, 0.3) is 16.1 Å². The molecule has 2 aliphatic heterocycles. The van der Waals surface area contributed by atoms with E-state index < -0.39 is 10.2 Å². The molecule has 150 valence electrons. The molecule has 0 aliphatic carbocycles. The number of carbonyl (C=O) groups is 1. The number of phenols is 1. The van der Waals surface area contributed by atoms with Crippen molar-refractivity contribution in [3.63, 3.8) is 0 Å². The lowest BCUT2D eigenvalue weighted by atomic mass is 10.1. The first-order valence-electron chi connectivity index (χ1n) is 9.18. The number of hydrogen-bond donors (Lipinski definition) is 1. The van der Waals surface area contributed by atoms with E-state index in [0.717, 1.165) is 5.56 Å². The van der Waals surface area contributed by atoms with Crippen LogP contribution in [0.15, 0.2) is 18.2 Å². The third-order valence-corrected chi connectivity index (χ3v) is 6.92. The van der Waals surface area contributed by atoms with Crippen molar-refractivity contribution >= 4 is 16.1 Å². The topological polar surface area (TPSA) is 90.4 Å². The van der Waals surface area contributed by atoms with Gasteiger partial charge in [0.1, 0.15) is 5.75 Å². The lowest BCUT2D eigenvalue weighted by Crippen LogP contribution is -2.57. The van der Waals surface area contributed by atoms with Crippen molar-refractivity contribution < 1.29 is 23.1 Å². The summed E-state index contributed by atoms with van der Waals surface area (Å²) >= 11 is 0. The van der Waals surface area contributed by atoms with Crippen LogP contribution in [0.1, 0.15) is 29.8 Å². The highest BCUT2D eigenvalue weighted by atomic mass is 32.2. The van der Waals surface area contributed by atoms with Crippen LogP contribution in [-0.2, 0) is 14.9 Å². The molecule has 2 fully saturated rings. The number of morpholine rings is 1. The third-order valence-electron chi connectivity index (χ3n) is 4.95. The van der Waals surface area contributed by atoms with Crippen LogP contribution >= 0.6 is 0 Å². The van der Waals surface area contributed by atoms with E-state index in [1.807, 2.05) is 20.8 Å². The molecule has 1 N–H and O–H groups in total. The quantitative estimate of drug-likeness (QED) is 0.815. The monoisotopic (exact) mass is 397 g/mol. The Morgan fingerprint density at radius 3 is 2.26 bits per heavy atom. The summed E-state index contributed by atoms with van der Waals surface area (Å²) in [4.78, 5) is 14.3. The predicted octanol–water partition coefficient (Wildman–Crippen LogP) is 0.812. The van der Waals surface area contributed by atoms with Crippen LogP contribution in [0.4, 0.5) is 0 Å². The summed E-state index contributed by atoms with van der Waals surface area (Å²) in [6.45, 7) is 7.31. The van der Waals surface area contributed by atoms with Crippen LogP contribution in [-0.4, -0.2) is 84.4 Å². The normalized spacial score (nSPS) is 25.5. The molecule has 2 saturated heterocycles. The molecule has 0 bridgehead atoms. The smallest absolute Gasteiger partial charge is 0.282 e. The molecule has 9 heteroatoms. The first-order valence-corrected chi connectivity index (χ1v) is 10.6. The van der Waals surface area contributed by atoms with Crippen molar-refractivity contribution in [1.82, 2.24) is 13.5 Å². The molecule has 0 radical (unpaired) electrons. The van der Waals surface area contributed by atoms with Crippen molar-refractivity contribution in [3.05, 3.63) is 29.3 Å². The second-order valence-electron chi connectivity index (χ2n) is 7.29. The number of benzene rings is 1. The van der Waals surface area contributed by atoms with E-state index in [4.69, 9.17) is 4.74 Å². The minimum Gasteiger partial charge on any atom is -0.507 e. The fourth-order valence-electron chi connectivity index (χ4n) is 3.60. The second-order valence-corrected chi connectivity index (χ2v) is 9.22. The SMILES string of the molecule is Cc1ccc(O)c(C(=O)N2CCN(S(=O)(=O)N3CC(C)OC(C)C3)CC2)c1. The molecule has 1 amide bonds. The predicted molar refractivity (Wildman–Crippen MR) is 101 cm³/mol. The lowest BCUT2D eigenvalue weighted by molar-refractivity contribution is -0.0457. The van der Waals surface area contributed by atoms with Crippen molar-refractivity contribution in [1.29, 1.82) is 0 Å². The van der Waals surface area contributed by atoms with Crippen LogP contribution in [0.5, 0.6) is 5.75 Å². The zero-order chi connectivity index (χ0) is 19.8. The number of phenolic OH excluding ortho intramolecular Hbond substituents is 1. The van der Waals surface area contributed by atoms with Crippen molar-refractivity contribution in [3.8, 4) is 5.75 Å². The van der Waals surface area contributed by atoms with Crippen molar-refractivity contribution in [2.75, 3.05) is 39.3 Å². The Hall–Kier alpha value is -1.68. The Balaban J connectivity index is 1.66. The third kappa shape index (κ3) is 4.26. The van der Waals surface area contributed by atoms with E-state index in [0.29, 0.717) is 26.2 Å². The molecule has 2 atom stereocenters. The average Bonchev–Trinajstić information content (AvgIpc) is 2.62. The van der Waals surface area contributed by atoms with Crippen molar-refractivity contribution in [2.24, 2.45) is 0 Å². The molecule has 8 nitrogen and oxygen atoms in total. The minimum atomic E-state index is -3.58. The molecule has 2 unspecified atom stereocenters. The van der Waals surface area contributed by atoms with Gasteiger partial charge in [0.2, 0.25) is 0 Å². The molecule has 0 saturated carbocycles. The first-order chi connectivity index (χ1) is 12.7. The summed E-state index contributed by atoms with van der Waals surface area (Å²) in [7, 11) is -3.58. The van der Waals surface area contributed by atoms with Gasteiger partial charge in [-0.2, -0.15) is 17.0 Å². The van der Waals surface area contributed by atoms with E-state index in [1.54, 1.807) is 17.0 Å². The number of amides is 1. The average molecular weight is 397 g/mol. The van der Waals surface area contributed by atoms with E-state index in [2.05, 4.69) is 0 Å². The van der Waals surface area contributed by atoms with Crippen LogP contribution in [0.3, 0.4) is 0 Å². The highest BCUT2D eigenvalue weighted by Crippen LogP contribution is 2.23. The van der Waals surface area contributed by atoms with Crippen LogP contribution < -0.4 is 0 Å². The Bertz CT molecular complexity index is 795. The fourth-order valence-corrected chi connectivity index (χ4v) is 5.34. The highest BCUT2D eigenvalue weighted by molar-refractivity contribution is 7.86. The molecule has 3 rings (SSSR count). The van der Waals surface area contributed by atoms with E-state index in [1.165, 1.54) is 14.7 Å². The summed E-state index contributed by atoms with van der Waals surface area (Å²) in [6, 6.07) is 4.89. The van der Waals surface area contributed by atoms with E-state index in [9.17, 15) is 18.3 Å². The van der Waals surface area contributed by atoms with E-state index >= 15 is 0 Å². The molecular formula is C18H27N3O5S. The van der Waals surface area contributed by atoms with Gasteiger partial charge in [-0.05, 0) is 32.9 Å². The number of piperazine rings is 1. The van der Waals surface area contributed by atoms with Gasteiger partial charge in [0.05, 0.1) is 17.8 Å². The van der Waals surface area contributed by atoms with Gasteiger partial charge < -0.3 is 14.7 Å². The summed E-state index contributed by atoms with van der Waals surface area (Å²) in [5.41, 5.74) is 1.13. The van der Waals surface area contributed by atoms with Gasteiger partial charge in [0, 0.05) is 39.3 Å². The number of ether oxygens (including phenoxy) is 1. The van der Waals surface area contributed by atoms with Crippen LogP contribution in [0.2, 0.25) is 0 Å². The summed E-state index contributed by atoms with van der Waals surface area (Å²) in [5.74, 6) is -0.334. The van der Waals surface area contributed by atoms with Gasteiger partial charge in [-0.15, -0.1) is 0 Å².